The molecule has 0 amide bonds. The molecule has 2 aromatic carbocycles. The van der Waals surface area contributed by atoms with Gasteiger partial charge in [-0.15, -0.1) is 0 Å². The van der Waals surface area contributed by atoms with Crippen molar-refractivity contribution in [2.75, 3.05) is 51.0 Å². The molecule has 2 aliphatic rings. The largest absolute Gasteiger partial charge is 0.467 e. The maximum absolute atomic E-state index is 16.0. The molecule has 4 heterocycles. The Morgan fingerprint density at radius 2 is 1.89 bits per heavy atom. The van der Waals surface area contributed by atoms with Gasteiger partial charge in [0.05, 0.1) is 22.3 Å². The monoisotopic (exact) mass is 543 g/mol. The second-order valence-corrected chi connectivity index (χ2v) is 11.0. The smallest absolute Gasteiger partial charge is 0.318 e. The van der Waals surface area contributed by atoms with Crippen LogP contribution in [0.25, 0.3) is 32.2 Å². The molecule has 2 fully saturated rings. The number of benzene rings is 2. The SMILES string of the molecule is CN1CCCC1.COc1nc(N2CCCC(N)C2)c2cc(Cl)c(-c3cccc4sc(N)nc34)c(F)c2n1. The highest BCUT2D eigenvalue weighted by Crippen LogP contribution is 2.42. The lowest BCUT2D eigenvalue weighted by atomic mass is 10.0. The van der Waals surface area contributed by atoms with Gasteiger partial charge in [0.25, 0.3) is 0 Å². The fourth-order valence-electron chi connectivity index (χ4n) is 4.98. The average molecular weight is 544 g/mol. The molecule has 1 atom stereocenters. The number of likely N-dealkylation sites (tertiary alicyclic amines) is 1. The highest BCUT2D eigenvalue weighted by atomic mass is 35.5. The number of rotatable bonds is 3. The number of nitrogen functional groups attached to an aromatic ring is 1. The Morgan fingerprint density at radius 1 is 1.11 bits per heavy atom. The van der Waals surface area contributed by atoms with Gasteiger partial charge in [-0.2, -0.15) is 9.97 Å². The Hall–Kier alpha value is -2.79. The summed E-state index contributed by atoms with van der Waals surface area (Å²) in [6, 6.07) is 7.32. The maximum Gasteiger partial charge on any atom is 0.318 e. The predicted octanol–water partition coefficient (Wildman–Crippen LogP) is 4.93. The Bertz CT molecular complexity index is 1430. The molecule has 0 saturated carbocycles. The van der Waals surface area contributed by atoms with Gasteiger partial charge in [-0.1, -0.05) is 35.1 Å². The lowest BCUT2D eigenvalue weighted by Gasteiger charge is -2.32. The van der Waals surface area contributed by atoms with Gasteiger partial charge in [-0.05, 0) is 58.0 Å². The van der Waals surface area contributed by atoms with Crippen LogP contribution in [0.5, 0.6) is 6.01 Å². The summed E-state index contributed by atoms with van der Waals surface area (Å²) in [6.45, 7) is 4.02. The van der Waals surface area contributed by atoms with Crippen molar-refractivity contribution in [3.8, 4) is 17.1 Å². The molecular weight excluding hydrogens is 513 g/mol. The summed E-state index contributed by atoms with van der Waals surface area (Å²) in [5, 5.41) is 1.18. The van der Waals surface area contributed by atoms with E-state index in [1.54, 1.807) is 12.1 Å². The van der Waals surface area contributed by atoms with Gasteiger partial charge in [0.1, 0.15) is 11.3 Å². The predicted molar refractivity (Wildman–Crippen MR) is 150 cm³/mol. The van der Waals surface area contributed by atoms with E-state index in [0.717, 1.165) is 24.1 Å². The van der Waals surface area contributed by atoms with E-state index in [1.807, 2.05) is 17.0 Å². The molecule has 11 heteroatoms. The molecular formula is C26H31ClFN7OS. The fourth-order valence-corrected chi connectivity index (χ4v) is 6.04. The Labute approximate surface area is 224 Å². The number of aromatic nitrogens is 3. The first-order valence-electron chi connectivity index (χ1n) is 12.4. The van der Waals surface area contributed by atoms with E-state index in [0.29, 0.717) is 34.0 Å². The van der Waals surface area contributed by atoms with Crippen molar-refractivity contribution in [3.63, 3.8) is 0 Å². The number of hydrogen-bond donors (Lipinski definition) is 2. The van der Waals surface area contributed by atoms with Gasteiger partial charge >= 0.3 is 6.01 Å². The number of hydrogen-bond acceptors (Lipinski definition) is 9. The van der Waals surface area contributed by atoms with Crippen LogP contribution in [0.2, 0.25) is 5.02 Å². The molecule has 0 aliphatic carbocycles. The Morgan fingerprint density at radius 3 is 2.57 bits per heavy atom. The second-order valence-electron chi connectivity index (χ2n) is 9.54. The first kappa shape index (κ1) is 25.8. The van der Waals surface area contributed by atoms with Gasteiger partial charge in [0.2, 0.25) is 0 Å². The van der Waals surface area contributed by atoms with Gasteiger partial charge in [0, 0.05) is 35.6 Å². The van der Waals surface area contributed by atoms with Crippen LogP contribution in [0.3, 0.4) is 0 Å². The quantitative estimate of drug-likeness (QED) is 0.374. The van der Waals surface area contributed by atoms with Crippen molar-refractivity contribution < 1.29 is 9.13 Å². The van der Waals surface area contributed by atoms with Crippen molar-refractivity contribution in [2.45, 2.75) is 31.7 Å². The summed E-state index contributed by atoms with van der Waals surface area (Å²) >= 11 is 7.98. The molecule has 0 spiro atoms. The number of thiazole rings is 1. The van der Waals surface area contributed by atoms with E-state index in [1.165, 1.54) is 44.4 Å². The molecule has 196 valence electrons. The molecule has 0 bridgehead atoms. The topological polar surface area (TPSA) is 106 Å². The first-order valence-corrected chi connectivity index (χ1v) is 13.6. The average Bonchev–Trinajstić information content (AvgIpc) is 3.52. The molecule has 4 aromatic rings. The van der Waals surface area contributed by atoms with E-state index < -0.39 is 5.82 Å². The van der Waals surface area contributed by atoms with E-state index in [9.17, 15) is 0 Å². The summed E-state index contributed by atoms with van der Waals surface area (Å²) in [7, 11) is 3.63. The maximum atomic E-state index is 16.0. The minimum Gasteiger partial charge on any atom is -0.467 e. The number of ether oxygens (including phenoxy) is 1. The third-order valence-electron chi connectivity index (χ3n) is 6.82. The molecule has 6 rings (SSSR count). The van der Waals surface area contributed by atoms with Crippen LogP contribution in [0.1, 0.15) is 25.7 Å². The number of piperidine rings is 1. The van der Waals surface area contributed by atoms with Gasteiger partial charge in [-0.25, -0.2) is 9.37 Å². The van der Waals surface area contributed by atoms with Crippen LogP contribution in [0.15, 0.2) is 24.3 Å². The van der Waals surface area contributed by atoms with E-state index >= 15 is 4.39 Å². The lowest BCUT2D eigenvalue weighted by Crippen LogP contribution is -2.43. The molecule has 37 heavy (non-hydrogen) atoms. The fraction of sp³-hybridized carbons (Fsp3) is 0.423. The van der Waals surface area contributed by atoms with Gasteiger partial charge < -0.3 is 26.0 Å². The van der Waals surface area contributed by atoms with Crippen molar-refractivity contribution in [1.82, 2.24) is 19.9 Å². The number of methoxy groups -OCH3 is 1. The summed E-state index contributed by atoms with van der Waals surface area (Å²) in [5.74, 6) is 0.0188. The zero-order chi connectivity index (χ0) is 26.1. The van der Waals surface area contributed by atoms with E-state index in [4.69, 9.17) is 27.8 Å². The van der Waals surface area contributed by atoms with Crippen LogP contribution in [0.4, 0.5) is 15.3 Å². The third kappa shape index (κ3) is 5.29. The van der Waals surface area contributed by atoms with Crippen LogP contribution < -0.4 is 21.1 Å². The summed E-state index contributed by atoms with van der Waals surface area (Å²) in [4.78, 5) is 17.6. The van der Waals surface area contributed by atoms with Crippen molar-refractivity contribution in [1.29, 1.82) is 0 Å². The zero-order valence-electron chi connectivity index (χ0n) is 21.0. The number of nitrogens with zero attached hydrogens (tertiary/aromatic N) is 5. The van der Waals surface area contributed by atoms with Crippen LogP contribution in [0, 0.1) is 5.82 Å². The third-order valence-corrected chi connectivity index (χ3v) is 7.96. The highest BCUT2D eigenvalue weighted by Gasteiger charge is 2.26. The normalized spacial score (nSPS) is 18.3. The van der Waals surface area contributed by atoms with Crippen LogP contribution >= 0.6 is 22.9 Å². The van der Waals surface area contributed by atoms with Crippen molar-refractivity contribution >= 4 is 55.0 Å². The number of nitrogens with two attached hydrogens (primary N) is 2. The number of para-hydroxylation sites is 1. The molecule has 8 nitrogen and oxygen atoms in total. The molecule has 2 aliphatic heterocycles. The molecule has 1 unspecified atom stereocenters. The highest BCUT2D eigenvalue weighted by molar-refractivity contribution is 7.22. The van der Waals surface area contributed by atoms with E-state index in [2.05, 4.69) is 26.9 Å². The number of anilines is 2. The minimum atomic E-state index is -0.551. The second kappa shape index (κ2) is 10.9. The summed E-state index contributed by atoms with van der Waals surface area (Å²) in [6.07, 6.45) is 4.69. The van der Waals surface area contributed by atoms with Gasteiger partial charge in [-0.3, -0.25) is 0 Å². The Kier molecular flexibility index (Phi) is 7.62. The van der Waals surface area contributed by atoms with Crippen molar-refractivity contribution in [3.05, 3.63) is 35.1 Å². The van der Waals surface area contributed by atoms with E-state index in [-0.39, 0.29) is 28.2 Å². The van der Waals surface area contributed by atoms with Crippen molar-refractivity contribution in [2.24, 2.45) is 5.73 Å². The molecule has 2 aromatic heterocycles. The molecule has 2 saturated heterocycles. The first-order chi connectivity index (χ1) is 17.9. The summed E-state index contributed by atoms with van der Waals surface area (Å²) < 4.78 is 22.1. The van der Waals surface area contributed by atoms with Crippen LogP contribution in [-0.4, -0.2) is 66.2 Å². The molecule has 4 N–H and O–H groups in total. The Balaban J connectivity index is 0.000000412. The standard InChI is InChI=1S/C21H20ClFN6OS.C5H11N/c1-30-21-27-18-12(19(28-21)29-7-3-4-10(24)9-29)8-13(22)15(16(18)23)11-5-2-6-14-17(11)26-20(25)31-14;1-6-4-2-3-5-6/h2,5-6,8,10H,3-4,7,9,24H2,1H3,(H2,25,26);2-5H2,1H3. The lowest BCUT2D eigenvalue weighted by molar-refractivity contribution is 0.380. The van der Waals surface area contributed by atoms with Gasteiger partial charge in [0.15, 0.2) is 10.9 Å². The molecule has 0 radical (unpaired) electrons. The minimum absolute atomic E-state index is 0.0251. The van der Waals surface area contributed by atoms with Crippen LogP contribution in [-0.2, 0) is 0 Å². The number of halogens is 2. The summed E-state index contributed by atoms with van der Waals surface area (Å²) in [5.41, 5.74) is 13.6. The zero-order valence-corrected chi connectivity index (χ0v) is 22.6. The number of fused-ring (bicyclic) bond motifs is 2.